The molecule has 0 heterocycles. The second-order valence-electron chi connectivity index (χ2n) is 6.36. The van der Waals surface area contributed by atoms with Crippen LogP contribution in [0.25, 0.3) is 0 Å². The van der Waals surface area contributed by atoms with Gasteiger partial charge in [-0.15, -0.1) is 0 Å². The monoisotopic (exact) mass is 373 g/mol. The van der Waals surface area contributed by atoms with E-state index in [1.807, 2.05) is 0 Å². The lowest BCUT2D eigenvalue weighted by Gasteiger charge is -2.20. The van der Waals surface area contributed by atoms with Crippen LogP contribution in [0.1, 0.15) is 20.8 Å². The molecule has 24 heavy (non-hydrogen) atoms. The van der Waals surface area contributed by atoms with Gasteiger partial charge >= 0.3 is 0 Å². The summed E-state index contributed by atoms with van der Waals surface area (Å²) in [5.41, 5.74) is -0.0966. The lowest BCUT2D eigenvalue weighted by Crippen LogP contribution is -2.44. The first-order chi connectivity index (χ1) is 11.0. The highest BCUT2D eigenvalue weighted by molar-refractivity contribution is 6.42. The van der Waals surface area contributed by atoms with E-state index < -0.39 is 5.41 Å². The van der Waals surface area contributed by atoms with Crippen molar-refractivity contribution in [3.8, 4) is 0 Å². The molecule has 0 aliphatic heterocycles. The summed E-state index contributed by atoms with van der Waals surface area (Å²) in [7, 11) is 1.49. The summed E-state index contributed by atoms with van der Waals surface area (Å²) in [6.45, 7) is 4.95. The van der Waals surface area contributed by atoms with Gasteiger partial charge < -0.3 is 15.5 Å². The van der Waals surface area contributed by atoms with Gasteiger partial charge in [-0.1, -0.05) is 44.0 Å². The van der Waals surface area contributed by atoms with Crippen LogP contribution >= 0.6 is 23.2 Å². The third kappa shape index (κ3) is 6.37. The Morgan fingerprint density at radius 2 is 1.75 bits per heavy atom. The standard InChI is InChI=1S/C16H21Cl2N3O3/c1-16(2,3)15(24)19-8-14(23)21(4)9-13(22)20-10-5-6-11(17)12(18)7-10/h5-7H,8-9H2,1-4H3,(H,19,24)(H,20,22). The van der Waals surface area contributed by atoms with Gasteiger partial charge in [0.2, 0.25) is 17.7 Å². The fourth-order valence-electron chi connectivity index (χ4n) is 1.63. The Morgan fingerprint density at radius 3 is 2.29 bits per heavy atom. The molecule has 0 unspecified atom stereocenters. The highest BCUT2D eigenvalue weighted by Crippen LogP contribution is 2.24. The zero-order valence-electron chi connectivity index (χ0n) is 14.1. The maximum atomic E-state index is 12.0. The molecule has 1 rings (SSSR count). The first kappa shape index (κ1) is 20.3. The van der Waals surface area contributed by atoms with E-state index in [1.54, 1.807) is 32.9 Å². The summed E-state index contributed by atoms with van der Waals surface area (Å²) >= 11 is 11.7. The van der Waals surface area contributed by atoms with Gasteiger partial charge in [0.1, 0.15) is 0 Å². The molecule has 0 bridgehead atoms. The molecule has 6 nitrogen and oxygen atoms in total. The van der Waals surface area contributed by atoms with Crippen molar-refractivity contribution < 1.29 is 14.4 Å². The molecule has 8 heteroatoms. The van der Waals surface area contributed by atoms with Gasteiger partial charge in [-0.3, -0.25) is 14.4 Å². The van der Waals surface area contributed by atoms with Crippen molar-refractivity contribution in [1.29, 1.82) is 0 Å². The summed E-state index contributed by atoms with van der Waals surface area (Å²) in [5, 5.41) is 5.88. The first-order valence-corrected chi connectivity index (χ1v) is 8.03. The number of amides is 3. The van der Waals surface area contributed by atoms with Gasteiger partial charge in [0.15, 0.2) is 0 Å². The number of carbonyl (C=O) groups is 3. The number of hydrogen-bond donors (Lipinski definition) is 2. The van der Waals surface area contributed by atoms with Crippen LogP contribution in [0.2, 0.25) is 10.0 Å². The minimum absolute atomic E-state index is 0.148. The van der Waals surface area contributed by atoms with Crippen molar-refractivity contribution in [2.24, 2.45) is 5.41 Å². The van der Waals surface area contributed by atoms with Crippen LogP contribution in [0.15, 0.2) is 18.2 Å². The topological polar surface area (TPSA) is 78.5 Å². The fourth-order valence-corrected chi connectivity index (χ4v) is 1.93. The van der Waals surface area contributed by atoms with Crippen molar-refractivity contribution in [2.45, 2.75) is 20.8 Å². The summed E-state index contributed by atoms with van der Waals surface area (Å²) < 4.78 is 0. The highest BCUT2D eigenvalue weighted by Gasteiger charge is 2.22. The third-order valence-corrected chi connectivity index (χ3v) is 3.83. The van der Waals surface area contributed by atoms with Gasteiger partial charge in [0.25, 0.3) is 0 Å². The SMILES string of the molecule is CN(CC(=O)Nc1ccc(Cl)c(Cl)c1)C(=O)CNC(=O)C(C)(C)C. The summed E-state index contributed by atoms with van der Waals surface area (Å²) in [6.07, 6.45) is 0. The molecule has 0 radical (unpaired) electrons. The molecule has 132 valence electrons. The van der Waals surface area contributed by atoms with E-state index in [1.165, 1.54) is 18.0 Å². The maximum Gasteiger partial charge on any atom is 0.243 e. The normalized spacial score (nSPS) is 10.9. The Balaban J connectivity index is 2.49. The predicted molar refractivity (Wildman–Crippen MR) is 95.2 cm³/mol. The molecule has 0 fully saturated rings. The van der Waals surface area contributed by atoms with Crippen LogP contribution in [0.3, 0.4) is 0 Å². The summed E-state index contributed by atoms with van der Waals surface area (Å²) in [4.78, 5) is 36.9. The lowest BCUT2D eigenvalue weighted by atomic mass is 9.96. The van der Waals surface area contributed by atoms with E-state index in [4.69, 9.17) is 23.2 Å². The second-order valence-corrected chi connectivity index (χ2v) is 7.17. The van der Waals surface area contributed by atoms with E-state index in [0.29, 0.717) is 15.7 Å². The Kier molecular flexibility index (Phi) is 7.05. The van der Waals surface area contributed by atoms with Crippen LogP contribution < -0.4 is 10.6 Å². The molecule has 0 aliphatic carbocycles. The third-order valence-electron chi connectivity index (χ3n) is 3.09. The van der Waals surface area contributed by atoms with Crippen LogP contribution in [-0.4, -0.2) is 42.8 Å². The molecule has 3 amide bonds. The average molecular weight is 374 g/mol. The smallest absolute Gasteiger partial charge is 0.243 e. The molecule has 0 atom stereocenters. The quantitative estimate of drug-likeness (QED) is 0.832. The fraction of sp³-hybridized carbons (Fsp3) is 0.438. The van der Waals surface area contributed by atoms with E-state index in [2.05, 4.69) is 10.6 Å². The molecule has 0 spiro atoms. The number of hydrogen-bond acceptors (Lipinski definition) is 3. The zero-order valence-corrected chi connectivity index (χ0v) is 15.6. The molecule has 0 saturated heterocycles. The van der Waals surface area contributed by atoms with Crippen molar-refractivity contribution >= 4 is 46.6 Å². The molecule has 1 aromatic rings. The number of halogens is 2. The largest absolute Gasteiger partial charge is 0.347 e. The summed E-state index contributed by atoms with van der Waals surface area (Å²) in [5.74, 6) is -0.979. The molecule has 0 aromatic heterocycles. The zero-order chi connectivity index (χ0) is 18.5. The first-order valence-electron chi connectivity index (χ1n) is 7.28. The van der Waals surface area contributed by atoms with Crippen molar-refractivity contribution in [3.05, 3.63) is 28.2 Å². The minimum atomic E-state index is -0.579. The Morgan fingerprint density at radius 1 is 1.12 bits per heavy atom. The maximum absolute atomic E-state index is 12.0. The minimum Gasteiger partial charge on any atom is -0.347 e. The van der Waals surface area contributed by atoms with Gasteiger partial charge in [-0.25, -0.2) is 0 Å². The van der Waals surface area contributed by atoms with E-state index in [0.717, 1.165) is 0 Å². The molecule has 2 N–H and O–H groups in total. The number of nitrogens with one attached hydrogen (secondary N) is 2. The number of nitrogens with zero attached hydrogens (tertiary/aromatic N) is 1. The number of anilines is 1. The van der Waals surface area contributed by atoms with Crippen LogP contribution in [0, 0.1) is 5.41 Å². The van der Waals surface area contributed by atoms with Gasteiger partial charge in [-0.05, 0) is 18.2 Å². The average Bonchev–Trinajstić information content (AvgIpc) is 2.46. The number of rotatable bonds is 5. The van der Waals surface area contributed by atoms with Crippen LogP contribution in [-0.2, 0) is 14.4 Å². The van der Waals surface area contributed by atoms with Gasteiger partial charge in [-0.2, -0.15) is 0 Å². The number of benzene rings is 1. The highest BCUT2D eigenvalue weighted by atomic mass is 35.5. The van der Waals surface area contributed by atoms with E-state index in [-0.39, 0.29) is 30.8 Å². The van der Waals surface area contributed by atoms with E-state index in [9.17, 15) is 14.4 Å². The Bertz CT molecular complexity index is 642. The predicted octanol–water partition coefficient (Wildman–Crippen LogP) is 2.55. The van der Waals surface area contributed by atoms with Crippen molar-refractivity contribution in [2.75, 3.05) is 25.5 Å². The molecule has 0 saturated carbocycles. The van der Waals surface area contributed by atoms with Crippen LogP contribution in [0.5, 0.6) is 0 Å². The molecule has 0 aliphatic rings. The number of likely N-dealkylation sites (N-methyl/N-ethyl adjacent to an activating group) is 1. The number of carbonyl (C=O) groups excluding carboxylic acids is 3. The van der Waals surface area contributed by atoms with Gasteiger partial charge in [0, 0.05) is 18.2 Å². The second kappa shape index (κ2) is 8.35. The Hall–Kier alpha value is -1.79. The lowest BCUT2D eigenvalue weighted by molar-refractivity contribution is -0.135. The van der Waals surface area contributed by atoms with Crippen molar-refractivity contribution in [1.82, 2.24) is 10.2 Å². The molecular weight excluding hydrogens is 353 g/mol. The molecule has 1 aromatic carbocycles. The van der Waals surface area contributed by atoms with E-state index >= 15 is 0 Å². The van der Waals surface area contributed by atoms with Crippen LogP contribution in [0.4, 0.5) is 5.69 Å². The molecular formula is C16H21Cl2N3O3. The van der Waals surface area contributed by atoms with Crippen molar-refractivity contribution in [3.63, 3.8) is 0 Å². The summed E-state index contributed by atoms with van der Waals surface area (Å²) in [6, 6.07) is 4.70. The van der Waals surface area contributed by atoms with Gasteiger partial charge in [0.05, 0.1) is 23.1 Å². The Labute approximate surface area is 151 Å².